The van der Waals surface area contributed by atoms with Crippen LogP contribution in [0.3, 0.4) is 0 Å². The van der Waals surface area contributed by atoms with Crippen LogP contribution in [0.15, 0.2) is 0 Å². The fraction of sp³-hybridized carbons (Fsp3) is 0.929. The third-order valence-electron chi connectivity index (χ3n) is 3.25. The van der Waals surface area contributed by atoms with Crippen molar-refractivity contribution in [2.24, 2.45) is 17.8 Å². The van der Waals surface area contributed by atoms with E-state index in [1.165, 1.54) is 0 Å². The maximum absolute atomic E-state index is 11.7. The van der Waals surface area contributed by atoms with Crippen molar-refractivity contribution in [2.45, 2.75) is 53.5 Å². The molecule has 0 aromatic heterocycles. The van der Waals surface area contributed by atoms with E-state index in [2.05, 4.69) is 38.3 Å². The Hall–Kier alpha value is -0.770. The Morgan fingerprint density at radius 2 is 1.78 bits per heavy atom. The third kappa shape index (κ3) is 8.34. The molecule has 2 amide bonds. The molecule has 0 aromatic rings. The Labute approximate surface area is 112 Å². The van der Waals surface area contributed by atoms with Crippen LogP contribution in [0.2, 0.25) is 0 Å². The number of urea groups is 1. The summed E-state index contributed by atoms with van der Waals surface area (Å²) in [5.74, 6) is 1.37. The number of hydrogen-bond acceptors (Lipinski definition) is 2. The van der Waals surface area contributed by atoms with Crippen molar-refractivity contribution in [3.05, 3.63) is 0 Å². The second kappa shape index (κ2) is 9.20. The van der Waals surface area contributed by atoms with Crippen LogP contribution in [0.25, 0.3) is 0 Å². The lowest BCUT2D eigenvalue weighted by atomic mass is 9.94. The maximum Gasteiger partial charge on any atom is 0.315 e. The van der Waals surface area contributed by atoms with E-state index in [1.54, 1.807) is 0 Å². The van der Waals surface area contributed by atoms with Gasteiger partial charge in [0.15, 0.2) is 0 Å². The summed E-state index contributed by atoms with van der Waals surface area (Å²) in [6.45, 7) is 11.3. The van der Waals surface area contributed by atoms with Crippen molar-refractivity contribution in [3.8, 4) is 0 Å². The number of amides is 2. The van der Waals surface area contributed by atoms with Crippen LogP contribution >= 0.6 is 0 Å². The molecule has 0 rings (SSSR count). The molecule has 0 fully saturated rings. The molecule has 0 radical (unpaired) electrons. The fourth-order valence-corrected chi connectivity index (χ4v) is 1.81. The van der Waals surface area contributed by atoms with Gasteiger partial charge in [-0.15, -0.1) is 0 Å². The number of aliphatic hydroxyl groups is 1. The highest BCUT2D eigenvalue weighted by atomic mass is 16.3. The van der Waals surface area contributed by atoms with Crippen molar-refractivity contribution >= 4 is 6.03 Å². The molecule has 18 heavy (non-hydrogen) atoms. The van der Waals surface area contributed by atoms with E-state index in [0.29, 0.717) is 24.3 Å². The Morgan fingerprint density at radius 3 is 2.22 bits per heavy atom. The number of carbonyl (C=O) groups is 1. The van der Waals surface area contributed by atoms with Crippen LogP contribution in [0.1, 0.15) is 47.5 Å². The first kappa shape index (κ1) is 17.2. The molecular formula is C14H30N2O2. The molecule has 4 nitrogen and oxygen atoms in total. The van der Waals surface area contributed by atoms with Gasteiger partial charge in [0.2, 0.25) is 0 Å². The molecule has 0 aromatic carbocycles. The predicted octanol–water partition coefficient (Wildman–Crippen LogP) is 2.37. The van der Waals surface area contributed by atoms with Gasteiger partial charge in [-0.05, 0) is 37.5 Å². The van der Waals surface area contributed by atoms with Gasteiger partial charge in [-0.2, -0.15) is 0 Å². The summed E-state index contributed by atoms with van der Waals surface area (Å²) in [5, 5.41) is 14.8. The van der Waals surface area contributed by atoms with Gasteiger partial charge in [-0.3, -0.25) is 0 Å². The summed E-state index contributed by atoms with van der Waals surface area (Å²) in [5.41, 5.74) is 0. The molecule has 0 spiro atoms. The zero-order chi connectivity index (χ0) is 14.1. The third-order valence-corrected chi connectivity index (χ3v) is 3.25. The Balaban J connectivity index is 3.98. The molecule has 0 aliphatic heterocycles. The first-order valence-electron chi connectivity index (χ1n) is 7.02. The molecule has 0 saturated carbocycles. The van der Waals surface area contributed by atoms with E-state index in [0.717, 1.165) is 12.8 Å². The van der Waals surface area contributed by atoms with Gasteiger partial charge in [0, 0.05) is 19.2 Å². The van der Waals surface area contributed by atoms with Crippen LogP contribution in [0, 0.1) is 17.8 Å². The largest absolute Gasteiger partial charge is 0.396 e. The number of aliphatic hydroxyl groups excluding tert-OH is 1. The van der Waals surface area contributed by atoms with E-state index in [4.69, 9.17) is 5.11 Å². The number of carbonyl (C=O) groups excluding carboxylic acids is 1. The fourth-order valence-electron chi connectivity index (χ4n) is 1.81. The molecule has 3 N–H and O–H groups in total. The highest BCUT2D eigenvalue weighted by Crippen LogP contribution is 2.14. The Morgan fingerprint density at radius 1 is 1.17 bits per heavy atom. The van der Waals surface area contributed by atoms with Gasteiger partial charge >= 0.3 is 6.03 Å². The van der Waals surface area contributed by atoms with Crippen LogP contribution in [-0.4, -0.2) is 30.3 Å². The molecule has 2 atom stereocenters. The summed E-state index contributed by atoms with van der Waals surface area (Å²) in [6, 6.07) is 0.0642. The molecule has 0 aliphatic rings. The molecule has 4 heteroatoms. The monoisotopic (exact) mass is 258 g/mol. The predicted molar refractivity (Wildman–Crippen MR) is 75.5 cm³/mol. The molecule has 0 heterocycles. The minimum atomic E-state index is -0.108. The summed E-state index contributed by atoms with van der Waals surface area (Å²) in [6.07, 6.45) is 1.78. The van der Waals surface area contributed by atoms with E-state index in [1.807, 2.05) is 6.92 Å². The lowest BCUT2D eigenvalue weighted by Gasteiger charge is -2.21. The lowest BCUT2D eigenvalue weighted by molar-refractivity contribution is 0.221. The van der Waals surface area contributed by atoms with Crippen LogP contribution < -0.4 is 10.6 Å². The van der Waals surface area contributed by atoms with Crippen LogP contribution in [-0.2, 0) is 0 Å². The maximum atomic E-state index is 11.7. The topological polar surface area (TPSA) is 61.4 Å². The average Bonchev–Trinajstić information content (AvgIpc) is 2.25. The molecule has 0 bridgehead atoms. The first-order valence-corrected chi connectivity index (χ1v) is 7.02. The zero-order valence-corrected chi connectivity index (χ0v) is 12.5. The first-order chi connectivity index (χ1) is 8.36. The molecule has 0 aliphatic carbocycles. The summed E-state index contributed by atoms with van der Waals surface area (Å²) < 4.78 is 0. The molecule has 2 unspecified atom stereocenters. The van der Waals surface area contributed by atoms with E-state index in [9.17, 15) is 4.79 Å². The van der Waals surface area contributed by atoms with Crippen molar-refractivity contribution in [2.75, 3.05) is 13.2 Å². The Bertz CT molecular complexity index is 230. The van der Waals surface area contributed by atoms with Crippen LogP contribution in [0.4, 0.5) is 4.79 Å². The molecule has 0 saturated heterocycles. The van der Waals surface area contributed by atoms with Crippen molar-refractivity contribution < 1.29 is 9.90 Å². The smallest absolute Gasteiger partial charge is 0.315 e. The zero-order valence-electron chi connectivity index (χ0n) is 12.5. The van der Waals surface area contributed by atoms with Crippen molar-refractivity contribution in [1.29, 1.82) is 0 Å². The van der Waals surface area contributed by atoms with Gasteiger partial charge in [0.05, 0.1) is 0 Å². The van der Waals surface area contributed by atoms with Crippen LogP contribution in [0.5, 0.6) is 0 Å². The standard InChI is InChI=1S/C14H30N2O2/c1-10(2)8-13(6-7-17)9-15-14(18)16-12(5)11(3)4/h10-13,17H,6-9H2,1-5H3,(H2,15,16,18). The summed E-state index contributed by atoms with van der Waals surface area (Å²) in [4.78, 5) is 11.7. The lowest BCUT2D eigenvalue weighted by Crippen LogP contribution is -2.44. The highest BCUT2D eigenvalue weighted by molar-refractivity contribution is 5.74. The number of nitrogens with one attached hydrogen (secondary N) is 2. The second-order valence-corrected chi connectivity index (χ2v) is 5.89. The molecule has 108 valence electrons. The SMILES string of the molecule is CC(C)CC(CCO)CNC(=O)NC(C)C(C)C. The minimum absolute atomic E-state index is 0.108. The second-order valence-electron chi connectivity index (χ2n) is 5.89. The quantitative estimate of drug-likeness (QED) is 0.626. The summed E-state index contributed by atoms with van der Waals surface area (Å²) in [7, 11) is 0. The minimum Gasteiger partial charge on any atom is -0.396 e. The highest BCUT2D eigenvalue weighted by Gasteiger charge is 2.14. The van der Waals surface area contributed by atoms with E-state index >= 15 is 0 Å². The molecular weight excluding hydrogens is 228 g/mol. The van der Waals surface area contributed by atoms with Crippen molar-refractivity contribution in [1.82, 2.24) is 10.6 Å². The van der Waals surface area contributed by atoms with Crippen molar-refractivity contribution in [3.63, 3.8) is 0 Å². The van der Waals surface area contributed by atoms with Gasteiger partial charge in [0.25, 0.3) is 0 Å². The van der Waals surface area contributed by atoms with Gasteiger partial charge in [-0.25, -0.2) is 4.79 Å². The van der Waals surface area contributed by atoms with E-state index < -0.39 is 0 Å². The Kier molecular flexibility index (Phi) is 8.81. The van der Waals surface area contributed by atoms with Gasteiger partial charge in [0.1, 0.15) is 0 Å². The van der Waals surface area contributed by atoms with Gasteiger partial charge < -0.3 is 15.7 Å². The average molecular weight is 258 g/mol. The number of hydrogen-bond donors (Lipinski definition) is 3. The summed E-state index contributed by atoms with van der Waals surface area (Å²) >= 11 is 0. The number of rotatable bonds is 8. The van der Waals surface area contributed by atoms with E-state index in [-0.39, 0.29) is 18.7 Å². The van der Waals surface area contributed by atoms with Gasteiger partial charge in [-0.1, -0.05) is 27.7 Å². The normalized spacial score (nSPS) is 14.7.